The van der Waals surface area contributed by atoms with Crippen LogP contribution in [0.15, 0.2) is 53.5 Å². The highest BCUT2D eigenvalue weighted by molar-refractivity contribution is 7.89. The fourth-order valence-corrected chi connectivity index (χ4v) is 3.98. The van der Waals surface area contributed by atoms with E-state index in [0.717, 1.165) is 10.4 Å². The number of ether oxygens (including phenoxy) is 1. The average Bonchev–Trinajstić information content (AvgIpc) is 2.66. The lowest BCUT2D eigenvalue weighted by atomic mass is 10.3. The van der Waals surface area contributed by atoms with E-state index in [1.807, 2.05) is 0 Å². The van der Waals surface area contributed by atoms with Crippen molar-refractivity contribution in [3.05, 3.63) is 54.4 Å². The molecule has 27 heavy (non-hydrogen) atoms. The van der Waals surface area contributed by atoms with Crippen LogP contribution < -0.4 is 0 Å². The molecule has 1 aromatic carbocycles. The zero-order valence-electron chi connectivity index (χ0n) is 14.9. The molecular weight excluding hydrogens is 375 g/mol. The fraction of sp³-hybridized carbons (Fsp3) is 0.333. The molecule has 1 heterocycles. The predicted molar refractivity (Wildman–Crippen MR) is 96.7 cm³/mol. The Morgan fingerprint density at radius 1 is 1.15 bits per heavy atom. The Hall–Kier alpha value is -2.52. The number of allylic oxidation sites excluding steroid dienone is 3. The van der Waals surface area contributed by atoms with Gasteiger partial charge in [0.2, 0.25) is 10.0 Å². The summed E-state index contributed by atoms with van der Waals surface area (Å²) < 4.78 is 44.8. The normalized spacial score (nSPS) is 16.1. The monoisotopic (exact) mass is 396 g/mol. The second-order valence-electron chi connectivity index (χ2n) is 5.71. The molecule has 0 aromatic heterocycles. The number of carbonyl (C=O) groups is 2. The van der Waals surface area contributed by atoms with Crippen LogP contribution in [0.3, 0.4) is 0 Å². The van der Waals surface area contributed by atoms with Crippen LogP contribution in [0.2, 0.25) is 0 Å². The molecule has 0 spiro atoms. The highest BCUT2D eigenvalue weighted by atomic mass is 32.2. The van der Waals surface area contributed by atoms with E-state index in [4.69, 9.17) is 4.74 Å². The topological polar surface area (TPSA) is 84.0 Å². The molecule has 0 radical (unpaired) electrons. The summed E-state index contributed by atoms with van der Waals surface area (Å²) in [5.74, 6) is -1.86. The molecule has 0 atom stereocenters. The van der Waals surface area contributed by atoms with E-state index in [0.29, 0.717) is 0 Å². The Balaban J connectivity index is 1.88. The Morgan fingerprint density at radius 2 is 1.81 bits per heavy atom. The summed E-state index contributed by atoms with van der Waals surface area (Å²) in [6.45, 7) is 1.73. The quantitative estimate of drug-likeness (QED) is 0.412. The Bertz CT molecular complexity index is 843. The first-order valence-electron chi connectivity index (χ1n) is 8.35. The van der Waals surface area contributed by atoms with Crippen LogP contribution in [-0.2, 0) is 24.3 Å². The smallest absolute Gasteiger partial charge is 0.331 e. The standard InChI is InChI=1S/C18H21FN2O5S/c1-2-3-4-9-18(23)26-14-17(22)20-10-12-21(13-11-20)27(24,25)16-8-6-5-7-15(16)19/h2-9H,10-14H2,1H3/b3-2+,9-4+. The maximum absolute atomic E-state index is 13.8. The van der Waals surface area contributed by atoms with Gasteiger partial charge in [0, 0.05) is 32.3 Å². The Labute approximate surface area is 157 Å². The summed E-state index contributed by atoms with van der Waals surface area (Å²) in [6.07, 6.45) is 6.09. The largest absolute Gasteiger partial charge is 0.452 e. The second-order valence-corrected chi connectivity index (χ2v) is 7.61. The minimum atomic E-state index is -3.96. The van der Waals surface area contributed by atoms with Gasteiger partial charge in [0.1, 0.15) is 10.7 Å². The number of hydrogen-bond donors (Lipinski definition) is 0. The van der Waals surface area contributed by atoms with Crippen molar-refractivity contribution < 1.29 is 27.1 Å². The number of benzene rings is 1. The van der Waals surface area contributed by atoms with Crippen LogP contribution in [-0.4, -0.2) is 62.3 Å². The first-order valence-corrected chi connectivity index (χ1v) is 9.79. The van der Waals surface area contributed by atoms with Crippen LogP contribution in [0, 0.1) is 5.82 Å². The summed E-state index contributed by atoms with van der Waals surface area (Å²) in [6, 6.07) is 5.17. The van der Waals surface area contributed by atoms with Crippen LogP contribution in [0.5, 0.6) is 0 Å². The Morgan fingerprint density at radius 3 is 2.44 bits per heavy atom. The van der Waals surface area contributed by atoms with E-state index < -0.39 is 34.3 Å². The van der Waals surface area contributed by atoms with Crippen LogP contribution in [0.25, 0.3) is 0 Å². The Kier molecular flexibility index (Phi) is 7.26. The van der Waals surface area contributed by atoms with Crippen molar-refractivity contribution in [3.8, 4) is 0 Å². The summed E-state index contributed by atoms with van der Waals surface area (Å²) >= 11 is 0. The predicted octanol–water partition coefficient (Wildman–Crippen LogP) is 1.33. The molecule has 9 heteroatoms. The molecule has 1 aliphatic heterocycles. The van der Waals surface area contributed by atoms with Gasteiger partial charge in [-0.3, -0.25) is 4.79 Å². The highest BCUT2D eigenvalue weighted by Gasteiger charge is 2.31. The van der Waals surface area contributed by atoms with Crippen LogP contribution >= 0.6 is 0 Å². The van der Waals surface area contributed by atoms with Crippen LogP contribution in [0.4, 0.5) is 4.39 Å². The van der Waals surface area contributed by atoms with Crippen molar-refractivity contribution in [2.24, 2.45) is 0 Å². The van der Waals surface area contributed by atoms with E-state index in [-0.39, 0.29) is 31.1 Å². The lowest BCUT2D eigenvalue weighted by Gasteiger charge is -2.33. The van der Waals surface area contributed by atoms with Crippen molar-refractivity contribution in [1.82, 2.24) is 9.21 Å². The van der Waals surface area contributed by atoms with Gasteiger partial charge >= 0.3 is 5.97 Å². The second kappa shape index (κ2) is 9.43. The van der Waals surface area contributed by atoms with Gasteiger partial charge in [-0.1, -0.05) is 30.4 Å². The number of hydrogen-bond acceptors (Lipinski definition) is 5. The van der Waals surface area contributed by atoms with Gasteiger partial charge in [-0.2, -0.15) is 4.31 Å². The lowest BCUT2D eigenvalue weighted by molar-refractivity contribution is -0.148. The molecule has 1 amide bonds. The maximum Gasteiger partial charge on any atom is 0.331 e. The van der Waals surface area contributed by atoms with Crippen molar-refractivity contribution in [2.75, 3.05) is 32.8 Å². The molecule has 0 saturated carbocycles. The molecule has 146 valence electrons. The van der Waals surface area contributed by atoms with Crippen LogP contribution in [0.1, 0.15) is 6.92 Å². The number of halogens is 1. The van der Waals surface area contributed by atoms with E-state index in [1.54, 1.807) is 19.1 Å². The summed E-state index contributed by atoms with van der Waals surface area (Å²) in [4.78, 5) is 24.6. The number of esters is 1. The molecule has 0 N–H and O–H groups in total. The zero-order chi connectivity index (χ0) is 19.9. The minimum Gasteiger partial charge on any atom is -0.452 e. The highest BCUT2D eigenvalue weighted by Crippen LogP contribution is 2.20. The van der Waals surface area contributed by atoms with Gasteiger partial charge in [-0.25, -0.2) is 17.6 Å². The summed E-state index contributed by atoms with van der Waals surface area (Å²) in [5.41, 5.74) is 0. The molecule has 1 fully saturated rings. The molecule has 1 saturated heterocycles. The molecule has 0 bridgehead atoms. The molecule has 1 aliphatic rings. The third-order valence-electron chi connectivity index (χ3n) is 3.92. The summed E-state index contributed by atoms with van der Waals surface area (Å²) in [5, 5.41) is 0. The third-order valence-corrected chi connectivity index (χ3v) is 5.85. The van der Waals surface area contributed by atoms with Crippen molar-refractivity contribution in [2.45, 2.75) is 11.8 Å². The van der Waals surface area contributed by atoms with Gasteiger partial charge in [-0.15, -0.1) is 0 Å². The number of sulfonamides is 1. The molecule has 2 rings (SSSR count). The van der Waals surface area contributed by atoms with E-state index in [1.165, 1.54) is 35.3 Å². The number of amides is 1. The van der Waals surface area contributed by atoms with Gasteiger partial charge in [-0.05, 0) is 19.1 Å². The lowest BCUT2D eigenvalue weighted by Crippen LogP contribution is -2.51. The first kappa shape index (κ1) is 20.8. The minimum absolute atomic E-state index is 0.0392. The maximum atomic E-state index is 13.8. The number of carbonyl (C=O) groups excluding carboxylic acids is 2. The first-order chi connectivity index (χ1) is 12.9. The third kappa shape index (κ3) is 5.48. The van der Waals surface area contributed by atoms with Crippen molar-refractivity contribution in [1.29, 1.82) is 0 Å². The molecule has 0 unspecified atom stereocenters. The van der Waals surface area contributed by atoms with Gasteiger partial charge in [0.05, 0.1) is 0 Å². The average molecular weight is 396 g/mol. The summed E-state index contributed by atoms with van der Waals surface area (Å²) in [7, 11) is -3.96. The number of piperazine rings is 1. The number of rotatable bonds is 6. The number of nitrogens with zero attached hydrogens (tertiary/aromatic N) is 2. The van der Waals surface area contributed by atoms with Gasteiger partial charge in [0.25, 0.3) is 5.91 Å². The molecule has 1 aromatic rings. The van der Waals surface area contributed by atoms with Crippen molar-refractivity contribution >= 4 is 21.9 Å². The van der Waals surface area contributed by atoms with E-state index in [2.05, 4.69) is 0 Å². The molecule has 7 nitrogen and oxygen atoms in total. The fourth-order valence-electron chi connectivity index (χ4n) is 2.49. The molecule has 0 aliphatic carbocycles. The van der Waals surface area contributed by atoms with Gasteiger partial charge in [0.15, 0.2) is 6.61 Å². The zero-order valence-corrected chi connectivity index (χ0v) is 15.7. The molecular formula is C18H21FN2O5S. The van der Waals surface area contributed by atoms with E-state index >= 15 is 0 Å². The van der Waals surface area contributed by atoms with Crippen molar-refractivity contribution in [3.63, 3.8) is 0 Å². The van der Waals surface area contributed by atoms with E-state index in [9.17, 15) is 22.4 Å². The van der Waals surface area contributed by atoms with Gasteiger partial charge < -0.3 is 9.64 Å². The SMILES string of the molecule is C/C=C/C=C/C(=O)OCC(=O)N1CCN(S(=O)(=O)c2ccccc2F)CC1.